The van der Waals surface area contributed by atoms with E-state index in [1.807, 2.05) is 29.6 Å². The molecule has 5 heteroatoms. The standard InChI is InChI=1S/C10H17N3O2/c1-3-9(10(14)15)12(2)6-7-13-5-4-11-8-13/h4-5,8-9H,3,6-7H2,1-2H3,(H,14,15). The van der Waals surface area contributed by atoms with Crippen LogP contribution in [0.25, 0.3) is 0 Å². The van der Waals surface area contributed by atoms with Gasteiger partial charge in [-0.05, 0) is 13.5 Å². The molecule has 0 saturated carbocycles. The zero-order valence-electron chi connectivity index (χ0n) is 9.13. The number of carboxylic acids is 1. The first-order chi connectivity index (χ1) is 7.15. The Morgan fingerprint density at radius 1 is 1.67 bits per heavy atom. The summed E-state index contributed by atoms with van der Waals surface area (Å²) in [5, 5.41) is 8.94. The molecule has 0 saturated heterocycles. The molecule has 84 valence electrons. The molecule has 0 aromatic carbocycles. The summed E-state index contributed by atoms with van der Waals surface area (Å²) in [5.74, 6) is -0.759. The number of carbonyl (C=O) groups is 1. The Bertz CT molecular complexity index is 298. The van der Waals surface area contributed by atoms with Crippen LogP contribution in [0, 0.1) is 0 Å². The monoisotopic (exact) mass is 211 g/mol. The lowest BCUT2D eigenvalue weighted by Crippen LogP contribution is -2.39. The highest BCUT2D eigenvalue weighted by atomic mass is 16.4. The molecule has 1 aromatic rings. The number of hydrogen-bond donors (Lipinski definition) is 1. The molecule has 1 heterocycles. The molecule has 1 rings (SSSR count). The summed E-state index contributed by atoms with van der Waals surface area (Å²) in [6.07, 6.45) is 5.94. The van der Waals surface area contributed by atoms with E-state index in [0.717, 1.165) is 6.54 Å². The average Bonchev–Trinajstić information content (AvgIpc) is 2.67. The van der Waals surface area contributed by atoms with Crippen LogP contribution >= 0.6 is 0 Å². The molecule has 0 radical (unpaired) electrons. The Balaban J connectivity index is 2.40. The summed E-state index contributed by atoms with van der Waals surface area (Å²) < 4.78 is 1.94. The van der Waals surface area contributed by atoms with Gasteiger partial charge in [-0.25, -0.2) is 4.98 Å². The van der Waals surface area contributed by atoms with Crippen LogP contribution in [-0.4, -0.2) is 45.2 Å². The second-order valence-electron chi connectivity index (χ2n) is 3.54. The third-order valence-electron chi connectivity index (χ3n) is 2.47. The molecule has 0 bridgehead atoms. The number of nitrogens with zero attached hydrogens (tertiary/aromatic N) is 3. The number of aromatic nitrogens is 2. The predicted octanol–water partition coefficient (Wildman–Crippen LogP) is 0.678. The molecule has 0 amide bonds. The minimum absolute atomic E-state index is 0.395. The van der Waals surface area contributed by atoms with Gasteiger partial charge in [0.05, 0.1) is 6.33 Å². The van der Waals surface area contributed by atoms with E-state index in [1.54, 1.807) is 12.5 Å². The van der Waals surface area contributed by atoms with Gasteiger partial charge in [-0.1, -0.05) is 6.92 Å². The maximum atomic E-state index is 10.9. The van der Waals surface area contributed by atoms with Crippen molar-refractivity contribution < 1.29 is 9.90 Å². The molecule has 0 aliphatic rings. The molecule has 0 fully saturated rings. The summed E-state index contributed by atoms with van der Waals surface area (Å²) in [4.78, 5) is 16.7. The van der Waals surface area contributed by atoms with Crippen LogP contribution in [0.15, 0.2) is 18.7 Å². The number of carboxylic acid groups (broad SMARTS) is 1. The zero-order valence-corrected chi connectivity index (χ0v) is 9.13. The van der Waals surface area contributed by atoms with Crippen molar-refractivity contribution in [1.29, 1.82) is 0 Å². The molecule has 0 spiro atoms. The van der Waals surface area contributed by atoms with Crippen LogP contribution in [0.4, 0.5) is 0 Å². The first kappa shape index (κ1) is 11.7. The van der Waals surface area contributed by atoms with E-state index in [0.29, 0.717) is 13.0 Å². The quantitative estimate of drug-likeness (QED) is 0.751. The van der Waals surface area contributed by atoms with E-state index < -0.39 is 12.0 Å². The second-order valence-corrected chi connectivity index (χ2v) is 3.54. The first-order valence-corrected chi connectivity index (χ1v) is 5.04. The van der Waals surface area contributed by atoms with Gasteiger partial charge in [-0.2, -0.15) is 0 Å². The minimum atomic E-state index is -0.759. The summed E-state index contributed by atoms with van der Waals surface area (Å²) in [7, 11) is 1.83. The molecule has 1 N–H and O–H groups in total. The molecular formula is C10H17N3O2. The van der Waals surface area contributed by atoms with Crippen molar-refractivity contribution in [3.8, 4) is 0 Å². The van der Waals surface area contributed by atoms with Gasteiger partial charge in [0.25, 0.3) is 0 Å². The lowest BCUT2D eigenvalue weighted by molar-refractivity contribution is -0.142. The lowest BCUT2D eigenvalue weighted by Gasteiger charge is -2.23. The van der Waals surface area contributed by atoms with E-state index in [9.17, 15) is 4.79 Å². The molecule has 0 aliphatic carbocycles. The van der Waals surface area contributed by atoms with Crippen LogP contribution in [0.5, 0.6) is 0 Å². The minimum Gasteiger partial charge on any atom is -0.480 e. The van der Waals surface area contributed by atoms with E-state index in [1.165, 1.54) is 0 Å². The van der Waals surface area contributed by atoms with Gasteiger partial charge in [-0.15, -0.1) is 0 Å². The Labute approximate surface area is 89.3 Å². The molecule has 0 aliphatic heterocycles. The Hall–Kier alpha value is -1.36. The zero-order chi connectivity index (χ0) is 11.3. The third kappa shape index (κ3) is 3.36. The first-order valence-electron chi connectivity index (χ1n) is 5.04. The van der Waals surface area contributed by atoms with Gasteiger partial charge < -0.3 is 9.67 Å². The van der Waals surface area contributed by atoms with Gasteiger partial charge in [0, 0.05) is 25.5 Å². The van der Waals surface area contributed by atoms with Crippen molar-refractivity contribution in [3.05, 3.63) is 18.7 Å². The van der Waals surface area contributed by atoms with Crippen LogP contribution in [0.2, 0.25) is 0 Å². The fraction of sp³-hybridized carbons (Fsp3) is 0.600. The molecule has 5 nitrogen and oxygen atoms in total. The van der Waals surface area contributed by atoms with E-state index in [2.05, 4.69) is 4.98 Å². The van der Waals surface area contributed by atoms with E-state index in [-0.39, 0.29) is 0 Å². The van der Waals surface area contributed by atoms with Crippen molar-refractivity contribution >= 4 is 5.97 Å². The topological polar surface area (TPSA) is 58.4 Å². The van der Waals surface area contributed by atoms with E-state index >= 15 is 0 Å². The normalized spacial score (nSPS) is 13.0. The van der Waals surface area contributed by atoms with Crippen molar-refractivity contribution in [1.82, 2.24) is 14.5 Å². The highest BCUT2D eigenvalue weighted by Gasteiger charge is 2.19. The highest BCUT2D eigenvalue weighted by molar-refractivity contribution is 5.73. The fourth-order valence-corrected chi connectivity index (χ4v) is 1.52. The Kier molecular flexibility index (Phi) is 4.30. The summed E-state index contributed by atoms with van der Waals surface area (Å²) in [5.41, 5.74) is 0. The van der Waals surface area contributed by atoms with Crippen LogP contribution in [0.1, 0.15) is 13.3 Å². The predicted molar refractivity (Wildman–Crippen MR) is 56.6 cm³/mol. The Morgan fingerprint density at radius 2 is 2.40 bits per heavy atom. The van der Waals surface area contributed by atoms with Crippen LogP contribution in [-0.2, 0) is 11.3 Å². The lowest BCUT2D eigenvalue weighted by atomic mass is 10.2. The number of rotatable bonds is 6. The second kappa shape index (κ2) is 5.50. The van der Waals surface area contributed by atoms with Crippen LogP contribution in [0.3, 0.4) is 0 Å². The van der Waals surface area contributed by atoms with Gasteiger partial charge in [-0.3, -0.25) is 9.69 Å². The van der Waals surface area contributed by atoms with E-state index in [4.69, 9.17) is 5.11 Å². The number of hydrogen-bond acceptors (Lipinski definition) is 3. The maximum Gasteiger partial charge on any atom is 0.320 e. The fourth-order valence-electron chi connectivity index (χ4n) is 1.52. The molecule has 15 heavy (non-hydrogen) atoms. The van der Waals surface area contributed by atoms with Crippen molar-refractivity contribution in [2.45, 2.75) is 25.9 Å². The van der Waals surface area contributed by atoms with Crippen LogP contribution < -0.4 is 0 Å². The van der Waals surface area contributed by atoms with Gasteiger partial charge in [0.15, 0.2) is 0 Å². The molecule has 1 unspecified atom stereocenters. The van der Waals surface area contributed by atoms with Crippen molar-refractivity contribution in [2.24, 2.45) is 0 Å². The van der Waals surface area contributed by atoms with Gasteiger partial charge in [0.2, 0.25) is 0 Å². The maximum absolute atomic E-state index is 10.9. The molecule has 1 atom stereocenters. The summed E-state index contributed by atoms with van der Waals surface area (Å²) >= 11 is 0. The number of aliphatic carboxylic acids is 1. The summed E-state index contributed by atoms with van der Waals surface area (Å²) in [6, 6.07) is -0.395. The SMILES string of the molecule is CCC(C(=O)O)N(C)CCn1ccnc1. The number of likely N-dealkylation sites (N-methyl/N-ethyl adjacent to an activating group) is 1. The van der Waals surface area contributed by atoms with Crippen molar-refractivity contribution in [3.63, 3.8) is 0 Å². The largest absolute Gasteiger partial charge is 0.480 e. The van der Waals surface area contributed by atoms with Gasteiger partial charge in [0.1, 0.15) is 6.04 Å². The highest BCUT2D eigenvalue weighted by Crippen LogP contribution is 2.02. The number of imidazole rings is 1. The average molecular weight is 211 g/mol. The summed E-state index contributed by atoms with van der Waals surface area (Å²) in [6.45, 7) is 3.36. The molecular weight excluding hydrogens is 194 g/mol. The molecule has 1 aromatic heterocycles. The van der Waals surface area contributed by atoms with Crippen molar-refractivity contribution in [2.75, 3.05) is 13.6 Å². The smallest absolute Gasteiger partial charge is 0.320 e. The third-order valence-corrected chi connectivity index (χ3v) is 2.47. The Morgan fingerprint density at radius 3 is 2.87 bits per heavy atom. The van der Waals surface area contributed by atoms with Gasteiger partial charge >= 0.3 is 5.97 Å².